The Labute approximate surface area is 65.1 Å². The number of aliphatic hydroxyl groups excluding tert-OH is 1. The maximum Gasteiger partial charge on any atom is 0.314 e. The highest BCUT2D eigenvalue weighted by Crippen LogP contribution is 2.14. The standard InChI is InChI=1S/C7H12O4/c1-2-11-7(9)5-3-10-4-6(5)8/h5-6,8H,2-4H2,1H3/t5-,6-/m1/s1. The van der Waals surface area contributed by atoms with Crippen LogP contribution in [0.25, 0.3) is 0 Å². The van der Waals surface area contributed by atoms with Crippen molar-refractivity contribution >= 4 is 5.97 Å². The van der Waals surface area contributed by atoms with Crippen molar-refractivity contribution in [1.29, 1.82) is 0 Å². The van der Waals surface area contributed by atoms with E-state index in [0.717, 1.165) is 0 Å². The van der Waals surface area contributed by atoms with Gasteiger partial charge in [-0.25, -0.2) is 0 Å². The molecule has 1 aliphatic rings. The Morgan fingerprint density at radius 3 is 2.91 bits per heavy atom. The van der Waals surface area contributed by atoms with Crippen molar-refractivity contribution in [3.8, 4) is 0 Å². The quantitative estimate of drug-likeness (QED) is 0.556. The highest BCUT2D eigenvalue weighted by molar-refractivity contribution is 5.73. The summed E-state index contributed by atoms with van der Waals surface area (Å²) in [5.74, 6) is -0.840. The molecule has 11 heavy (non-hydrogen) atoms. The minimum Gasteiger partial charge on any atom is -0.466 e. The Balaban J connectivity index is 2.39. The molecule has 2 atom stereocenters. The van der Waals surface area contributed by atoms with Gasteiger partial charge in [0.15, 0.2) is 0 Å². The lowest BCUT2D eigenvalue weighted by atomic mass is 10.1. The molecule has 1 heterocycles. The predicted octanol–water partition coefficient (Wildman–Crippen LogP) is -0.443. The number of ether oxygens (including phenoxy) is 2. The van der Waals surface area contributed by atoms with Gasteiger partial charge < -0.3 is 14.6 Å². The third-order valence-electron chi connectivity index (χ3n) is 1.64. The molecule has 4 heteroatoms. The van der Waals surface area contributed by atoms with Gasteiger partial charge in [-0.15, -0.1) is 0 Å². The van der Waals surface area contributed by atoms with Gasteiger partial charge in [0, 0.05) is 0 Å². The predicted molar refractivity (Wildman–Crippen MR) is 36.9 cm³/mol. The fourth-order valence-electron chi connectivity index (χ4n) is 1.02. The van der Waals surface area contributed by atoms with Crippen LogP contribution in [-0.4, -0.2) is 37.0 Å². The molecule has 0 aliphatic carbocycles. The van der Waals surface area contributed by atoms with Crippen LogP contribution in [0.5, 0.6) is 0 Å². The molecular formula is C7H12O4. The summed E-state index contributed by atoms with van der Waals surface area (Å²) in [6, 6.07) is 0. The third kappa shape index (κ3) is 1.91. The Bertz CT molecular complexity index is 145. The number of carbonyl (C=O) groups is 1. The van der Waals surface area contributed by atoms with Crippen molar-refractivity contribution in [2.75, 3.05) is 19.8 Å². The van der Waals surface area contributed by atoms with Gasteiger partial charge in [-0.2, -0.15) is 0 Å². The molecule has 1 saturated heterocycles. The zero-order valence-corrected chi connectivity index (χ0v) is 6.45. The largest absolute Gasteiger partial charge is 0.466 e. The van der Waals surface area contributed by atoms with Gasteiger partial charge in [0.05, 0.1) is 25.9 Å². The monoisotopic (exact) mass is 160 g/mol. The molecule has 1 fully saturated rings. The molecule has 0 spiro atoms. The van der Waals surface area contributed by atoms with E-state index >= 15 is 0 Å². The summed E-state index contributed by atoms with van der Waals surface area (Å²) in [6.45, 7) is 2.60. The number of hydrogen-bond acceptors (Lipinski definition) is 4. The summed E-state index contributed by atoms with van der Waals surface area (Å²) < 4.78 is 9.60. The minimum absolute atomic E-state index is 0.240. The van der Waals surface area contributed by atoms with Crippen LogP contribution in [0.1, 0.15) is 6.92 Å². The van der Waals surface area contributed by atoms with Crippen LogP contribution in [0, 0.1) is 5.92 Å². The van der Waals surface area contributed by atoms with Crippen LogP contribution in [0.15, 0.2) is 0 Å². The van der Waals surface area contributed by atoms with Gasteiger partial charge in [0.25, 0.3) is 0 Å². The van der Waals surface area contributed by atoms with E-state index in [4.69, 9.17) is 14.6 Å². The van der Waals surface area contributed by atoms with E-state index in [2.05, 4.69) is 0 Å². The molecule has 0 aromatic carbocycles. The topological polar surface area (TPSA) is 55.8 Å². The van der Waals surface area contributed by atoms with Crippen molar-refractivity contribution < 1.29 is 19.4 Å². The first kappa shape index (κ1) is 8.49. The van der Waals surface area contributed by atoms with Crippen molar-refractivity contribution in [1.82, 2.24) is 0 Å². The molecule has 1 rings (SSSR count). The molecular weight excluding hydrogens is 148 g/mol. The van der Waals surface area contributed by atoms with E-state index < -0.39 is 12.0 Å². The average molecular weight is 160 g/mol. The highest BCUT2D eigenvalue weighted by Gasteiger charge is 2.33. The summed E-state index contributed by atoms with van der Waals surface area (Å²) in [4.78, 5) is 11.0. The molecule has 0 aromatic heterocycles. The maximum absolute atomic E-state index is 11.0. The van der Waals surface area contributed by atoms with Gasteiger partial charge >= 0.3 is 5.97 Å². The van der Waals surface area contributed by atoms with Gasteiger partial charge in [0.2, 0.25) is 0 Å². The SMILES string of the molecule is CCOC(=O)[C@@H]1COC[C@H]1O. The molecule has 0 aromatic rings. The third-order valence-corrected chi connectivity index (χ3v) is 1.64. The number of carbonyl (C=O) groups excluding carboxylic acids is 1. The zero-order chi connectivity index (χ0) is 8.27. The lowest BCUT2D eigenvalue weighted by Gasteiger charge is -2.09. The molecule has 0 radical (unpaired) electrons. The van der Waals surface area contributed by atoms with E-state index in [9.17, 15) is 4.79 Å². The Hall–Kier alpha value is -0.610. The van der Waals surface area contributed by atoms with Crippen molar-refractivity contribution in [2.45, 2.75) is 13.0 Å². The Morgan fingerprint density at radius 2 is 2.45 bits per heavy atom. The zero-order valence-electron chi connectivity index (χ0n) is 6.45. The van der Waals surface area contributed by atoms with Crippen LogP contribution < -0.4 is 0 Å². The first-order valence-electron chi connectivity index (χ1n) is 3.68. The van der Waals surface area contributed by atoms with E-state index in [1.807, 2.05) is 0 Å². The van der Waals surface area contributed by atoms with E-state index in [1.165, 1.54) is 0 Å². The van der Waals surface area contributed by atoms with E-state index in [1.54, 1.807) is 6.92 Å². The second-order valence-corrected chi connectivity index (χ2v) is 2.46. The van der Waals surface area contributed by atoms with Gasteiger partial charge in [-0.3, -0.25) is 4.79 Å². The second kappa shape index (κ2) is 3.69. The summed E-state index contributed by atoms with van der Waals surface area (Å²) in [5.41, 5.74) is 0. The van der Waals surface area contributed by atoms with Gasteiger partial charge in [-0.1, -0.05) is 0 Å². The average Bonchev–Trinajstić information content (AvgIpc) is 2.36. The number of esters is 1. The molecule has 4 nitrogen and oxygen atoms in total. The van der Waals surface area contributed by atoms with Crippen LogP contribution >= 0.6 is 0 Å². The molecule has 0 unspecified atom stereocenters. The van der Waals surface area contributed by atoms with Crippen LogP contribution in [-0.2, 0) is 14.3 Å². The van der Waals surface area contributed by atoms with Crippen molar-refractivity contribution in [3.05, 3.63) is 0 Å². The summed E-state index contributed by atoms with van der Waals surface area (Å²) in [6.07, 6.45) is -0.686. The number of hydrogen-bond donors (Lipinski definition) is 1. The van der Waals surface area contributed by atoms with E-state index in [-0.39, 0.29) is 19.2 Å². The number of aliphatic hydroxyl groups is 1. The summed E-state index contributed by atoms with van der Waals surface area (Å²) in [5, 5.41) is 9.16. The minimum atomic E-state index is -0.686. The first-order valence-corrected chi connectivity index (χ1v) is 3.68. The van der Waals surface area contributed by atoms with Crippen molar-refractivity contribution in [2.24, 2.45) is 5.92 Å². The number of rotatable bonds is 2. The molecule has 64 valence electrons. The molecule has 0 amide bonds. The fourth-order valence-corrected chi connectivity index (χ4v) is 1.02. The normalized spacial score (nSPS) is 30.4. The fraction of sp³-hybridized carbons (Fsp3) is 0.857. The Morgan fingerprint density at radius 1 is 1.73 bits per heavy atom. The summed E-state index contributed by atoms with van der Waals surface area (Å²) in [7, 11) is 0. The lowest BCUT2D eigenvalue weighted by molar-refractivity contribution is -0.150. The highest BCUT2D eigenvalue weighted by atomic mass is 16.5. The lowest BCUT2D eigenvalue weighted by Crippen LogP contribution is -2.28. The smallest absolute Gasteiger partial charge is 0.314 e. The van der Waals surface area contributed by atoms with Crippen molar-refractivity contribution in [3.63, 3.8) is 0 Å². The molecule has 0 bridgehead atoms. The Kier molecular flexibility index (Phi) is 2.84. The molecule has 1 aliphatic heterocycles. The van der Waals surface area contributed by atoms with E-state index in [0.29, 0.717) is 6.61 Å². The van der Waals surface area contributed by atoms with Gasteiger partial charge in [0.1, 0.15) is 5.92 Å². The molecule has 0 saturated carbocycles. The first-order chi connectivity index (χ1) is 5.25. The van der Waals surface area contributed by atoms with Gasteiger partial charge in [-0.05, 0) is 6.92 Å². The van der Waals surface area contributed by atoms with Crippen LogP contribution in [0.2, 0.25) is 0 Å². The molecule has 1 N–H and O–H groups in total. The second-order valence-electron chi connectivity index (χ2n) is 2.46. The summed E-state index contributed by atoms with van der Waals surface area (Å²) >= 11 is 0. The van der Waals surface area contributed by atoms with Crippen LogP contribution in [0.3, 0.4) is 0 Å². The van der Waals surface area contributed by atoms with Crippen LogP contribution in [0.4, 0.5) is 0 Å². The maximum atomic E-state index is 11.0.